The number of carbonyl (C=O) groups excluding carboxylic acids is 2. The number of anilines is 1. The summed E-state index contributed by atoms with van der Waals surface area (Å²) in [4.78, 5) is 24.4. The lowest BCUT2D eigenvalue weighted by molar-refractivity contribution is -0.125. The summed E-state index contributed by atoms with van der Waals surface area (Å²) < 4.78 is 26.9. The van der Waals surface area contributed by atoms with Gasteiger partial charge in [-0.05, 0) is 44.9 Å². The van der Waals surface area contributed by atoms with Gasteiger partial charge in [0, 0.05) is 23.4 Å². The number of halogens is 2. The molecule has 7 heteroatoms. The third-order valence-corrected chi connectivity index (χ3v) is 4.49. The second kappa shape index (κ2) is 9.41. The Hall–Kier alpha value is -2.80. The Morgan fingerprint density at radius 3 is 2.29 bits per heavy atom. The molecule has 0 aliphatic carbocycles. The van der Waals surface area contributed by atoms with E-state index >= 15 is 0 Å². The first-order valence-corrected chi connectivity index (χ1v) is 9.03. The molecule has 2 atom stereocenters. The Morgan fingerprint density at radius 2 is 1.68 bits per heavy atom. The first-order chi connectivity index (χ1) is 13.2. The van der Waals surface area contributed by atoms with Crippen molar-refractivity contribution in [1.29, 1.82) is 0 Å². The highest BCUT2D eigenvalue weighted by Crippen LogP contribution is 2.19. The molecule has 2 aromatic rings. The number of nitrogens with one attached hydrogen (secondary N) is 3. The van der Waals surface area contributed by atoms with E-state index < -0.39 is 29.6 Å². The van der Waals surface area contributed by atoms with Gasteiger partial charge in [0.25, 0.3) is 0 Å². The van der Waals surface area contributed by atoms with E-state index in [-0.39, 0.29) is 18.0 Å². The van der Waals surface area contributed by atoms with Crippen molar-refractivity contribution < 1.29 is 18.4 Å². The molecule has 0 fully saturated rings. The Morgan fingerprint density at radius 1 is 1.04 bits per heavy atom. The van der Waals surface area contributed by atoms with Crippen molar-refractivity contribution in [3.05, 3.63) is 64.7 Å². The highest BCUT2D eigenvalue weighted by molar-refractivity contribution is 5.96. The molecule has 2 rings (SSSR count). The van der Waals surface area contributed by atoms with Crippen LogP contribution in [-0.4, -0.2) is 24.4 Å². The number of rotatable bonds is 7. The number of benzene rings is 2. The predicted octanol–water partition coefficient (Wildman–Crippen LogP) is 3.38. The molecule has 0 radical (unpaired) electrons. The second-order valence-electron chi connectivity index (χ2n) is 6.81. The maximum absolute atomic E-state index is 13.8. The van der Waals surface area contributed by atoms with E-state index in [0.717, 1.165) is 22.9 Å². The van der Waals surface area contributed by atoms with Crippen LogP contribution in [0.2, 0.25) is 0 Å². The molecule has 2 amide bonds. The van der Waals surface area contributed by atoms with Crippen LogP contribution >= 0.6 is 0 Å². The third kappa shape index (κ3) is 5.60. The van der Waals surface area contributed by atoms with Gasteiger partial charge >= 0.3 is 0 Å². The average Bonchev–Trinajstić information content (AvgIpc) is 2.62. The number of aryl methyl sites for hydroxylation is 2. The van der Waals surface area contributed by atoms with Gasteiger partial charge in [0.2, 0.25) is 11.8 Å². The summed E-state index contributed by atoms with van der Waals surface area (Å²) in [6, 6.07) is 7.81. The number of hydrogen-bond donors (Lipinski definition) is 3. The average molecular weight is 389 g/mol. The van der Waals surface area contributed by atoms with Gasteiger partial charge in [0.1, 0.15) is 11.6 Å². The lowest BCUT2D eigenvalue weighted by Gasteiger charge is -2.20. The van der Waals surface area contributed by atoms with Gasteiger partial charge in [-0.1, -0.05) is 24.3 Å². The number of amides is 2. The topological polar surface area (TPSA) is 70.2 Å². The maximum Gasteiger partial charge on any atom is 0.243 e. The summed E-state index contributed by atoms with van der Waals surface area (Å²) in [6.45, 7) is 6.88. The summed E-state index contributed by atoms with van der Waals surface area (Å²) >= 11 is 0. The van der Waals surface area contributed by atoms with Crippen LogP contribution in [0.25, 0.3) is 0 Å². The summed E-state index contributed by atoms with van der Waals surface area (Å²) in [5.74, 6) is -2.07. The van der Waals surface area contributed by atoms with Gasteiger partial charge in [-0.15, -0.1) is 0 Å². The highest BCUT2D eigenvalue weighted by Gasteiger charge is 2.19. The van der Waals surface area contributed by atoms with Crippen molar-refractivity contribution in [1.82, 2.24) is 10.6 Å². The van der Waals surface area contributed by atoms with Crippen molar-refractivity contribution in [3.8, 4) is 0 Å². The van der Waals surface area contributed by atoms with Crippen LogP contribution in [-0.2, 0) is 9.59 Å². The zero-order chi connectivity index (χ0) is 20.8. The molecule has 28 heavy (non-hydrogen) atoms. The summed E-state index contributed by atoms with van der Waals surface area (Å²) in [5.41, 5.74) is 2.86. The first kappa shape index (κ1) is 21.5. The monoisotopic (exact) mass is 389 g/mol. The van der Waals surface area contributed by atoms with Crippen LogP contribution in [0.4, 0.5) is 14.5 Å². The fourth-order valence-corrected chi connectivity index (χ4v) is 2.91. The van der Waals surface area contributed by atoms with E-state index in [1.54, 1.807) is 13.8 Å². The first-order valence-electron chi connectivity index (χ1n) is 9.03. The molecular weight excluding hydrogens is 364 g/mol. The zero-order valence-corrected chi connectivity index (χ0v) is 16.4. The quantitative estimate of drug-likeness (QED) is 0.680. The minimum Gasteiger partial charge on any atom is -0.346 e. The standard InChI is InChI=1S/C21H25F2N3O2/c1-12-6-5-7-13(2)20(12)26-19(27)11-24-21(28)15(4)25-14(3)17-9-8-16(22)10-18(17)23/h5-10,14-15,25H,11H2,1-4H3,(H,24,28)(H,26,27)/t14-,15+/m0/s1. The smallest absolute Gasteiger partial charge is 0.243 e. The van der Waals surface area contributed by atoms with Crippen molar-refractivity contribution in [2.24, 2.45) is 0 Å². The summed E-state index contributed by atoms with van der Waals surface area (Å²) in [6.07, 6.45) is 0. The highest BCUT2D eigenvalue weighted by atomic mass is 19.1. The molecule has 0 aliphatic heterocycles. The van der Waals surface area contributed by atoms with Gasteiger partial charge in [-0.2, -0.15) is 0 Å². The van der Waals surface area contributed by atoms with Gasteiger partial charge in [-0.3, -0.25) is 14.9 Å². The van der Waals surface area contributed by atoms with Crippen LogP contribution in [0, 0.1) is 25.5 Å². The van der Waals surface area contributed by atoms with Crippen LogP contribution in [0.5, 0.6) is 0 Å². The van der Waals surface area contributed by atoms with Crippen LogP contribution in [0.15, 0.2) is 36.4 Å². The van der Waals surface area contributed by atoms with Crippen molar-refractivity contribution in [2.75, 3.05) is 11.9 Å². The fraction of sp³-hybridized carbons (Fsp3) is 0.333. The molecule has 0 spiro atoms. The van der Waals surface area contributed by atoms with Crippen LogP contribution < -0.4 is 16.0 Å². The van der Waals surface area contributed by atoms with Crippen molar-refractivity contribution in [3.63, 3.8) is 0 Å². The minimum atomic E-state index is -0.680. The van der Waals surface area contributed by atoms with Gasteiger partial charge in [-0.25, -0.2) is 8.78 Å². The number of para-hydroxylation sites is 1. The number of hydrogen-bond acceptors (Lipinski definition) is 3. The molecule has 0 unspecified atom stereocenters. The van der Waals surface area contributed by atoms with E-state index in [1.807, 2.05) is 32.0 Å². The molecule has 2 aromatic carbocycles. The predicted molar refractivity (Wildman–Crippen MR) is 105 cm³/mol. The molecule has 0 heterocycles. The Balaban J connectivity index is 1.87. The SMILES string of the molecule is Cc1cccc(C)c1NC(=O)CNC(=O)[C@@H](C)N[C@@H](C)c1ccc(F)cc1F. The summed E-state index contributed by atoms with van der Waals surface area (Å²) in [5, 5.41) is 8.29. The summed E-state index contributed by atoms with van der Waals surface area (Å²) in [7, 11) is 0. The molecule has 0 saturated heterocycles. The lowest BCUT2D eigenvalue weighted by atomic mass is 10.1. The zero-order valence-electron chi connectivity index (χ0n) is 16.4. The van der Waals surface area contributed by atoms with E-state index in [4.69, 9.17) is 0 Å². The Kier molecular flexibility index (Phi) is 7.23. The Bertz CT molecular complexity index is 850. The normalized spacial score (nSPS) is 12.9. The lowest BCUT2D eigenvalue weighted by Crippen LogP contribution is -2.45. The second-order valence-corrected chi connectivity index (χ2v) is 6.81. The molecular formula is C21H25F2N3O2. The van der Waals surface area contributed by atoms with Crippen molar-refractivity contribution >= 4 is 17.5 Å². The molecule has 0 saturated carbocycles. The minimum absolute atomic E-state index is 0.183. The van der Waals surface area contributed by atoms with Crippen molar-refractivity contribution in [2.45, 2.75) is 39.8 Å². The molecule has 150 valence electrons. The van der Waals surface area contributed by atoms with E-state index in [9.17, 15) is 18.4 Å². The largest absolute Gasteiger partial charge is 0.346 e. The van der Waals surface area contributed by atoms with Crippen LogP contribution in [0.1, 0.15) is 36.6 Å². The Labute approximate surface area is 163 Å². The van der Waals surface area contributed by atoms with Crippen LogP contribution in [0.3, 0.4) is 0 Å². The van der Waals surface area contributed by atoms with E-state index in [0.29, 0.717) is 0 Å². The molecule has 0 bridgehead atoms. The van der Waals surface area contributed by atoms with E-state index in [2.05, 4.69) is 16.0 Å². The van der Waals surface area contributed by atoms with E-state index in [1.165, 1.54) is 12.1 Å². The molecule has 0 aromatic heterocycles. The number of carbonyl (C=O) groups is 2. The third-order valence-electron chi connectivity index (χ3n) is 4.49. The van der Waals surface area contributed by atoms with Gasteiger partial charge in [0.05, 0.1) is 12.6 Å². The van der Waals surface area contributed by atoms with Gasteiger partial charge in [0.15, 0.2) is 0 Å². The molecule has 5 nitrogen and oxygen atoms in total. The molecule has 0 aliphatic rings. The van der Waals surface area contributed by atoms with Gasteiger partial charge < -0.3 is 10.6 Å². The maximum atomic E-state index is 13.8. The fourth-order valence-electron chi connectivity index (χ4n) is 2.91. The molecule has 3 N–H and O–H groups in total.